The predicted octanol–water partition coefficient (Wildman–Crippen LogP) is 4.17. The zero-order chi connectivity index (χ0) is 25.9. The van der Waals surface area contributed by atoms with Gasteiger partial charge >= 0.3 is 0 Å². The zero-order valence-corrected chi connectivity index (χ0v) is 22.9. The maximum atomic E-state index is 14.0. The van der Waals surface area contributed by atoms with Crippen LogP contribution in [0.5, 0.6) is 5.75 Å². The minimum atomic E-state index is -3.56. The SMILES string of the molecule is CC(=O)CN1CC[C@]23c4c5cccc4O[C@H]2[C@H](N(CC(C)C)S(=O)(=O)Cc2ccccc2)CC[C@H]3[C@H]1C5. The Bertz CT molecular complexity index is 1290. The number of likely N-dealkylation sites (tertiary alicyclic amines) is 1. The van der Waals surface area contributed by atoms with Crippen molar-refractivity contribution in [3.63, 3.8) is 0 Å². The third-order valence-electron chi connectivity index (χ3n) is 9.19. The van der Waals surface area contributed by atoms with E-state index in [1.54, 1.807) is 11.2 Å². The van der Waals surface area contributed by atoms with Crippen LogP contribution in [0.15, 0.2) is 48.5 Å². The van der Waals surface area contributed by atoms with Crippen LogP contribution in [-0.2, 0) is 32.4 Å². The zero-order valence-electron chi connectivity index (χ0n) is 22.1. The summed E-state index contributed by atoms with van der Waals surface area (Å²) in [6, 6.07) is 16.0. The van der Waals surface area contributed by atoms with E-state index < -0.39 is 10.0 Å². The molecule has 2 fully saturated rings. The fourth-order valence-corrected chi connectivity index (χ4v) is 9.96. The highest BCUT2D eigenvalue weighted by Gasteiger charge is 2.66. The lowest BCUT2D eigenvalue weighted by Gasteiger charge is -2.60. The van der Waals surface area contributed by atoms with Crippen molar-refractivity contribution in [2.45, 2.75) is 75.8 Å². The first-order chi connectivity index (χ1) is 17.7. The molecule has 37 heavy (non-hydrogen) atoms. The molecule has 0 N–H and O–H groups in total. The molecule has 0 radical (unpaired) electrons. The summed E-state index contributed by atoms with van der Waals surface area (Å²) in [7, 11) is -3.56. The van der Waals surface area contributed by atoms with Gasteiger partial charge in [-0.25, -0.2) is 8.42 Å². The maximum absolute atomic E-state index is 14.0. The Morgan fingerprint density at radius 1 is 1.14 bits per heavy atom. The summed E-state index contributed by atoms with van der Waals surface area (Å²) in [5, 5.41) is 0. The van der Waals surface area contributed by atoms with E-state index in [9.17, 15) is 13.2 Å². The highest BCUT2D eigenvalue weighted by molar-refractivity contribution is 7.88. The van der Waals surface area contributed by atoms with Crippen LogP contribution in [0.3, 0.4) is 0 Å². The largest absolute Gasteiger partial charge is 0.487 e. The van der Waals surface area contributed by atoms with E-state index in [0.717, 1.165) is 43.5 Å². The molecule has 0 aromatic heterocycles. The summed E-state index contributed by atoms with van der Waals surface area (Å²) in [4.78, 5) is 14.5. The van der Waals surface area contributed by atoms with Crippen molar-refractivity contribution in [1.82, 2.24) is 9.21 Å². The first-order valence-electron chi connectivity index (χ1n) is 13.8. The number of carbonyl (C=O) groups is 1. The highest BCUT2D eigenvalue weighted by Crippen LogP contribution is 2.62. The summed E-state index contributed by atoms with van der Waals surface area (Å²) in [5.41, 5.74) is 3.27. The van der Waals surface area contributed by atoms with Crippen LogP contribution >= 0.6 is 0 Å². The van der Waals surface area contributed by atoms with Gasteiger partial charge in [0.05, 0.1) is 18.3 Å². The molecule has 2 bridgehead atoms. The Morgan fingerprint density at radius 2 is 1.92 bits per heavy atom. The molecule has 2 aliphatic heterocycles. The molecule has 198 valence electrons. The predicted molar refractivity (Wildman–Crippen MR) is 144 cm³/mol. The lowest BCUT2D eigenvalue weighted by molar-refractivity contribution is -0.122. The summed E-state index contributed by atoms with van der Waals surface area (Å²) < 4.78 is 36.7. The van der Waals surface area contributed by atoms with E-state index in [2.05, 4.69) is 36.9 Å². The van der Waals surface area contributed by atoms with Crippen LogP contribution in [-0.4, -0.2) is 61.2 Å². The van der Waals surface area contributed by atoms with E-state index in [1.807, 2.05) is 30.3 Å². The van der Waals surface area contributed by atoms with Crippen molar-refractivity contribution in [3.8, 4) is 5.75 Å². The molecule has 1 spiro atoms. The van der Waals surface area contributed by atoms with E-state index >= 15 is 0 Å². The summed E-state index contributed by atoms with van der Waals surface area (Å²) in [5.74, 6) is 1.74. The van der Waals surface area contributed by atoms with Gasteiger partial charge in [-0.15, -0.1) is 0 Å². The fraction of sp³-hybridized carbons (Fsp3) is 0.567. The third kappa shape index (κ3) is 4.05. The maximum Gasteiger partial charge on any atom is 0.218 e. The summed E-state index contributed by atoms with van der Waals surface area (Å²) in [6.07, 6.45) is 3.37. The van der Waals surface area contributed by atoms with Gasteiger partial charge < -0.3 is 4.74 Å². The molecule has 6 nitrogen and oxygen atoms in total. The Kier molecular flexibility index (Phi) is 6.24. The van der Waals surface area contributed by atoms with Crippen molar-refractivity contribution >= 4 is 15.8 Å². The molecule has 2 heterocycles. The second-order valence-corrected chi connectivity index (χ2v) is 13.9. The average molecular weight is 523 g/mol. The Labute approximate surface area is 221 Å². The normalized spacial score (nSPS) is 30.3. The fourth-order valence-electron chi connectivity index (χ4n) is 8.03. The first-order valence-corrected chi connectivity index (χ1v) is 15.4. The van der Waals surface area contributed by atoms with E-state index in [4.69, 9.17) is 4.74 Å². The van der Waals surface area contributed by atoms with Crippen LogP contribution in [0.4, 0.5) is 0 Å². The first kappa shape index (κ1) is 25.1. The molecule has 5 atom stereocenters. The molecule has 2 aromatic rings. The van der Waals surface area contributed by atoms with Gasteiger partial charge in [-0.05, 0) is 68.2 Å². The number of benzene rings is 2. The second kappa shape index (κ2) is 9.21. The number of hydrogen-bond acceptors (Lipinski definition) is 5. The molecule has 0 unspecified atom stereocenters. The van der Waals surface area contributed by atoms with Gasteiger partial charge in [-0.3, -0.25) is 9.69 Å². The molecule has 1 saturated carbocycles. The van der Waals surface area contributed by atoms with Crippen molar-refractivity contribution in [1.29, 1.82) is 0 Å². The minimum absolute atomic E-state index is 0.00736. The van der Waals surface area contributed by atoms with E-state index in [0.29, 0.717) is 25.0 Å². The topological polar surface area (TPSA) is 66.9 Å². The number of piperidine rings is 1. The number of sulfonamides is 1. The third-order valence-corrected chi connectivity index (χ3v) is 11.0. The molecule has 7 heteroatoms. The van der Waals surface area contributed by atoms with Crippen molar-refractivity contribution < 1.29 is 17.9 Å². The molecular formula is C30H38N2O4S. The Hall–Kier alpha value is -2.22. The summed E-state index contributed by atoms with van der Waals surface area (Å²) in [6.45, 7) is 7.69. The molecular weight excluding hydrogens is 484 g/mol. The van der Waals surface area contributed by atoms with Crippen LogP contribution in [0.1, 0.15) is 56.7 Å². The lowest BCUT2D eigenvalue weighted by Crippen LogP contribution is -2.69. The van der Waals surface area contributed by atoms with Crippen molar-refractivity contribution in [2.24, 2.45) is 11.8 Å². The van der Waals surface area contributed by atoms with Crippen LogP contribution in [0, 0.1) is 11.8 Å². The van der Waals surface area contributed by atoms with Gasteiger partial charge in [0.2, 0.25) is 10.0 Å². The quantitative estimate of drug-likeness (QED) is 0.521. The van der Waals surface area contributed by atoms with E-state index in [-0.39, 0.29) is 35.0 Å². The van der Waals surface area contributed by atoms with Gasteiger partial charge in [-0.1, -0.05) is 56.3 Å². The number of rotatable bonds is 8. The monoisotopic (exact) mass is 522 g/mol. The Morgan fingerprint density at radius 3 is 2.65 bits per heavy atom. The number of nitrogens with zero attached hydrogens (tertiary/aromatic N) is 2. The number of carbonyl (C=O) groups excluding carboxylic acids is 1. The molecule has 2 aromatic carbocycles. The lowest BCUT2D eigenvalue weighted by atomic mass is 9.51. The van der Waals surface area contributed by atoms with Crippen LogP contribution in [0.25, 0.3) is 0 Å². The summed E-state index contributed by atoms with van der Waals surface area (Å²) >= 11 is 0. The standard InChI is InChI=1S/C30H38N2O4S/c1-20(2)17-32(37(34,35)19-22-8-5-4-6-9-22)25-13-12-24-26-16-23-10-7-11-27-28(23)30(24,29(25)36-27)14-15-31(26)18-21(3)33/h4-11,20,24-26,29H,12-19H2,1-3H3/t24-,25+,26+,29-,30-/m0/s1. The van der Waals surface area contributed by atoms with Gasteiger partial charge in [-0.2, -0.15) is 4.31 Å². The molecule has 4 aliphatic rings. The number of hydrogen-bond donors (Lipinski definition) is 0. The van der Waals surface area contributed by atoms with Gasteiger partial charge in [0, 0.05) is 23.6 Å². The van der Waals surface area contributed by atoms with Gasteiger partial charge in [0.25, 0.3) is 0 Å². The average Bonchev–Trinajstić information content (AvgIpc) is 3.18. The minimum Gasteiger partial charge on any atom is -0.487 e. The molecule has 2 aliphatic carbocycles. The smallest absolute Gasteiger partial charge is 0.218 e. The van der Waals surface area contributed by atoms with Crippen molar-refractivity contribution in [3.05, 3.63) is 65.2 Å². The number of Topliss-reactive ketones (excluding diaryl/α,β-unsaturated/α-hetero) is 1. The molecule has 0 amide bonds. The van der Waals surface area contributed by atoms with Crippen LogP contribution < -0.4 is 4.74 Å². The molecule has 6 rings (SSSR count). The van der Waals surface area contributed by atoms with Gasteiger partial charge in [0.1, 0.15) is 17.6 Å². The van der Waals surface area contributed by atoms with Crippen molar-refractivity contribution in [2.75, 3.05) is 19.6 Å². The number of ketones is 1. The Balaban J connectivity index is 1.41. The van der Waals surface area contributed by atoms with Crippen LogP contribution in [0.2, 0.25) is 0 Å². The van der Waals surface area contributed by atoms with E-state index in [1.165, 1.54) is 11.1 Å². The second-order valence-electron chi connectivity index (χ2n) is 12.0. The molecule has 1 saturated heterocycles. The number of ether oxygens (including phenoxy) is 1. The highest BCUT2D eigenvalue weighted by atomic mass is 32.2. The van der Waals surface area contributed by atoms with Gasteiger partial charge in [0.15, 0.2) is 0 Å².